The average Bonchev–Trinajstić information content (AvgIpc) is 3.18. The van der Waals surface area contributed by atoms with E-state index in [4.69, 9.17) is 0 Å². The Balaban J connectivity index is 1.67. The molecule has 0 bridgehead atoms. The predicted molar refractivity (Wildman–Crippen MR) is 130 cm³/mol. The summed E-state index contributed by atoms with van der Waals surface area (Å²) in [6.07, 6.45) is -9.73. The molecular formula is C30H17F6N. The molecule has 37 heavy (non-hydrogen) atoms. The lowest BCUT2D eigenvalue weighted by molar-refractivity contribution is -0.165. The Morgan fingerprint density at radius 3 is 1.95 bits per heavy atom. The third-order valence-corrected chi connectivity index (χ3v) is 6.99. The first-order valence-corrected chi connectivity index (χ1v) is 11.5. The topological polar surface area (TPSA) is 12.9 Å². The third kappa shape index (κ3) is 3.44. The summed E-state index contributed by atoms with van der Waals surface area (Å²) in [6.45, 7) is 0. The van der Waals surface area contributed by atoms with E-state index in [-0.39, 0.29) is 22.3 Å². The van der Waals surface area contributed by atoms with E-state index in [1.807, 2.05) is 30.3 Å². The highest BCUT2D eigenvalue weighted by Crippen LogP contribution is 2.60. The monoisotopic (exact) mass is 505 g/mol. The summed E-state index contributed by atoms with van der Waals surface area (Å²) in [5.74, 6) is 0. The van der Waals surface area contributed by atoms with E-state index in [0.29, 0.717) is 22.8 Å². The Hall–Kier alpha value is -4.13. The van der Waals surface area contributed by atoms with Crippen LogP contribution >= 0.6 is 0 Å². The van der Waals surface area contributed by atoms with Gasteiger partial charge in [-0.25, -0.2) is 4.98 Å². The van der Waals surface area contributed by atoms with Gasteiger partial charge in [0.25, 0.3) is 0 Å². The third-order valence-electron chi connectivity index (χ3n) is 6.99. The lowest BCUT2D eigenvalue weighted by atomic mass is 9.71. The van der Waals surface area contributed by atoms with Gasteiger partial charge in [0.05, 0.1) is 16.8 Å². The second kappa shape index (κ2) is 7.93. The number of nitrogens with zero attached hydrogens (tertiary/aromatic N) is 1. The highest BCUT2D eigenvalue weighted by Gasteiger charge is 2.62. The van der Waals surface area contributed by atoms with Gasteiger partial charge in [0.1, 0.15) is 5.41 Å². The Morgan fingerprint density at radius 2 is 1.24 bits per heavy atom. The number of hydrogen-bond acceptors (Lipinski definition) is 1. The van der Waals surface area contributed by atoms with Crippen molar-refractivity contribution in [1.82, 2.24) is 4.98 Å². The summed E-state index contributed by atoms with van der Waals surface area (Å²) < 4.78 is 87.0. The number of pyridine rings is 1. The summed E-state index contributed by atoms with van der Waals surface area (Å²) in [4.78, 5) is 4.62. The van der Waals surface area contributed by atoms with E-state index in [9.17, 15) is 13.2 Å². The maximum Gasteiger partial charge on any atom is 0.416 e. The first-order chi connectivity index (χ1) is 17.6. The van der Waals surface area contributed by atoms with E-state index in [1.165, 1.54) is 30.3 Å². The summed E-state index contributed by atoms with van der Waals surface area (Å²) >= 11 is 0. The molecule has 4 aromatic carbocycles. The molecule has 0 fully saturated rings. The van der Waals surface area contributed by atoms with Gasteiger partial charge < -0.3 is 0 Å². The predicted octanol–water partition coefficient (Wildman–Crippen LogP) is 8.80. The molecule has 0 spiro atoms. The molecule has 1 aliphatic rings. The van der Waals surface area contributed by atoms with Crippen LogP contribution in [0.25, 0.3) is 33.3 Å². The van der Waals surface area contributed by atoms with Crippen molar-refractivity contribution >= 4 is 10.9 Å². The van der Waals surface area contributed by atoms with Gasteiger partial charge in [-0.15, -0.1) is 0 Å². The molecule has 6 rings (SSSR count). The van der Waals surface area contributed by atoms with E-state index >= 15 is 13.2 Å². The van der Waals surface area contributed by atoms with Crippen molar-refractivity contribution in [3.63, 3.8) is 0 Å². The Kier molecular flexibility index (Phi) is 4.99. The smallest absolute Gasteiger partial charge is 0.248 e. The standard InChI is InChI=1S/C30H17F6N/c31-29(32,33)21-12-14-23-22-13-10-19(27-15-11-18-6-4-5-9-26(18)37-27)16-24(22)28(25(23)17-21,30(34,35)36)20-7-2-1-3-8-20/h1-17H. The van der Waals surface area contributed by atoms with Crippen LogP contribution in [0.4, 0.5) is 26.3 Å². The first kappa shape index (κ1) is 23.3. The zero-order valence-electron chi connectivity index (χ0n) is 19.0. The van der Waals surface area contributed by atoms with Gasteiger partial charge in [-0.1, -0.05) is 72.8 Å². The highest BCUT2D eigenvalue weighted by atomic mass is 19.4. The zero-order valence-corrected chi connectivity index (χ0v) is 19.0. The molecule has 184 valence electrons. The lowest BCUT2D eigenvalue weighted by Gasteiger charge is -2.35. The molecule has 0 amide bonds. The molecule has 0 saturated carbocycles. The van der Waals surface area contributed by atoms with Crippen LogP contribution in [0, 0.1) is 0 Å². The molecule has 0 saturated heterocycles. The molecule has 7 heteroatoms. The van der Waals surface area contributed by atoms with Crippen LogP contribution in [0.15, 0.2) is 103 Å². The molecule has 1 aliphatic carbocycles. The van der Waals surface area contributed by atoms with Gasteiger partial charge in [-0.3, -0.25) is 0 Å². The minimum absolute atomic E-state index is 0.118. The molecule has 1 aromatic heterocycles. The number of rotatable bonds is 2. The van der Waals surface area contributed by atoms with Gasteiger partial charge in [0.2, 0.25) is 0 Å². The molecule has 1 atom stereocenters. The summed E-state index contributed by atoms with van der Waals surface area (Å²) in [5, 5.41) is 0.883. The van der Waals surface area contributed by atoms with E-state index in [1.54, 1.807) is 24.3 Å². The molecule has 5 aromatic rings. The Morgan fingerprint density at radius 1 is 0.595 bits per heavy atom. The number of para-hydroxylation sites is 1. The van der Waals surface area contributed by atoms with Crippen molar-refractivity contribution in [3.8, 4) is 22.4 Å². The van der Waals surface area contributed by atoms with Gasteiger partial charge in [-0.05, 0) is 58.1 Å². The van der Waals surface area contributed by atoms with Gasteiger partial charge in [-0.2, -0.15) is 26.3 Å². The van der Waals surface area contributed by atoms with Crippen molar-refractivity contribution in [1.29, 1.82) is 0 Å². The highest BCUT2D eigenvalue weighted by molar-refractivity contribution is 5.87. The van der Waals surface area contributed by atoms with Crippen LogP contribution < -0.4 is 0 Å². The van der Waals surface area contributed by atoms with E-state index in [2.05, 4.69) is 4.98 Å². The minimum Gasteiger partial charge on any atom is -0.248 e. The fourth-order valence-electron chi connectivity index (χ4n) is 5.35. The van der Waals surface area contributed by atoms with Crippen LogP contribution in [-0.4, -0.2) is 11.2 Å². The Labute approximate surface area is 208 Å². The molecular weight excluding hydrogens is 488 g/mol. The molecule has 0 aliphatic heterocycles. The lowest BCUT2D eigenvalue weighted by Crippen LogP contribution is -2.43. The molecule has 1 unspecified atom stereocenters. The van der Waals surface area contributed by atoms with Crippen molar-refractivity contribution in [3.05, 3.63) is 125 Å². The quantitative estimate of drug-likeness (QED) is 0.219. The average molecular weight is 505 g/mol. The summed E-state index contributed by atoms with van der Waals surface area (Å²) in [7, 11) is 0. The number of benzene rings is 4. The fraction of sp³-hybridized carbons (Fsp3) is 0.100. The van der Waals surface area contributed by atoms with Crippen LogP contribution in [0.3, 0.4) is 0 Å². The van der Waals surface area contributed by atoms with Gasteiger partial charge in [0, 0.05) is 10.9 Å². The maximum atomic E-state index is 15.3. The Bertz CT molecular complexity index is 1650. The van der Waals surface area contributed by atoms with Crippen LogP contribution in [0.1, 0.15) is 22.3 Å². The second-order valence-corrected chi connectivity index (χ2v) is 9.02. The van der Waals surface area contributed by atoms with Gasteiger partial charge >= 0.3 is 12.4 Å². The summed E-state index contributed by atoms with van der Waals surface area (Å²) in [6, 6.07) is 25.3. The van der Waals surface area contributed by atoms with Gasteiger partial charge in [0.15, 0.2) is 0 Å². The van der Waals surface area contributed by atoms with Crippen molar-refractivity contribution < 1.29 is 26.3 Å². The minimum atomic E-state index is -4.94. The van der Waals surface area contributed by atoms with Crippen LogP contribution in [0.5, 0.6) is 0 Å². The van der Waals surface area contributed by atoms with Crippen molar-refractivity contribution in [2.75, 3.05) is 0 Å². The molecule has 1 nitrogen and oxygen atoms in total. The zero-order chi connectivity index (χ0) is 26.0. The fourth-order valence-corrected chi connectivity index (χ4v) is 5.35. The van der Waals surface area contributed by atoms with E-state index < -0.39 is 28.9 Å². The number of fused-ring (bicyclic) bond motifs is 4. The second-order valence-electron chi connectivity index (χ2n) is 9.02. The number of hydrogen-bond donors (Lipinski definition) is 0. The van der Waals surface area contributed by atoms with Crippen LogP contribution in [0.2, 0.25) is 0 Å². The molecule has 0 radical (unpaired) electrons. The SMILES string of the molecule is FC(F)(F)c1ccc2c(c1)C(c1ccccc1)(C(F)(F)F)c1cc(-c3ccc4ccccc4n3)ccc1-2. The van der Waals surface area contributed by atoms with Crippen molar-refractivity contribution in [2.45, 2.75) is 17.8 Å². The number of halogens is 6. The van der Waals surface area contributed by atoms with Crippen molar-refractivity contribution in [2.24, 2.45) is 0 Å². The molecule has 0 N–H and O–H groups in total. The summed E-state index contributed by atoms with van der Waals surface area (Å²) in [5.41, 5.74) is -2.64. The molecule has 1 heterocycles. The first-order valence-electron chi connectivity index (χ1n) is 11.5. The van der Waals surface area contributed by atoms with Crippen LogP contribution in [-0.2, 0) is 11.6 Å². The maximum absolute atomic E-state index is 15.3. The normalized spacial score (nSPS) is 17.0. The number of alkyl halides is 6. The largest absolute Gasteiger partial charge is 0.416 e. The van der Waals surface area contributed by atoms with E-state index in [0.717, 1.165) is 17.5 Å². The number of aromatic nitrogens is 1.